The third kappa shape index (κ3) is 4.13. The van der Waals surface area contributed by atoms with E-state index in [9.17, 15) is 24.9 Å². The van der Waals surface area contributed by atoms with Crippen LogP contribution in [0.1, 0.15) is 39.5 Å². The summed E-state index contributed by atoms with van der Waals surface area (Å²) in [6.07, 6.45) is 0.117. The Morgan fingerprint density at radius 3 is 2.44 bits per heavy atom. The highest BCUT2D eigenvalue weighted by atomic mass is 16.6. The minimum absolute atomic E-state index is 0.0691. The van der Waals surface area contributed by atoms with Gasteiger partial charge < -0.3 is 34.6 Å². The fourth-order valence-electron chi connectivity index (χ4n) is 7.36. The van der Waals surface area contributed by atoms with Crippen LogP contribution < -0.4 is 0 Å². The topological polar surface area (TPSA) is 120 Å². The van der Waals surface area contributed by atoms with Gasteiger partial charge >= 0.3 is 5.97 Å². The molecular weight excluding hydrogens is 464 g/mol. The Bertz CT molecular complexity index is 962. The molecule has 0 aromatic carbocycles. The van der Waals surface area contributed by atoms with Crippen LogP contribution in [0.5, 0.6) is 0 Å². The molecule has 3 N–H and O–H groups in total. The van der Waals surface area contributed by atoms with Crippen molar-refractivity contribution in [3.63, 3.8) is 0 Å². The number of fused-ring (bicyclic) bond motifs is 4. The van der Waals surface area contributed by atoms with Gasteiger partial charge in [0.1, 0.15) is 12.2 Å². The highest BCUT2D eigenvalue weighted by molar-refractivity contribution is 6.04. The van der Waals surface area contributed by atoms with E-state index in [1.165, 1.54) is 7.11 Å². The molecule has 1 aliphatic heterocycles. The number of aliphatic hydroxyl groups excluding tert-OH is 3. The van der Waals surface area contributed by atoms with Crippen molar-refractivity contribution < 1.29 is 34.4 Å². The first-order valence-corrected chi connectivity index (χ1v) is 13.0. The molecule has 0 aromatic heterocycles. The quantitative estimate of drug-likeness (QED) is 0.339. The van der Waals surface area contributed by atoms with Gasteiger partial charge in [-0.3, -0.25) is 4.79 Å². The maximum absolute atomic E-state index is 13.8. The molecule has 0 spiro atoms. The zero-order valence-corrected chi connectivity index (χ0v) is 22.4. The Kier molecular flexibility index (Phi) is 7.45. The number of carbonyl (C=O) groups excluding carboxylic acids is 2. The minimum atomic E-state index is -1.46. The summed E-state index contributed by atoms with van der Waals surface area (Å²) in [5, 5.41) is 33.8. The van der Waals surface area contributed by atoms with E-state index in [0.717, 1.165) is 13.0 Å². The molecule has 2 fully saturated rings. The van der Waals surface area contributed by atoms with Gasteiger partial charge in [0, 0.05) is 49.2 Å². The van der Waals surface area contributed by atoms with Crippen molar-refractivity contribution in [1.29, 1.82) is 0 Å². The van der Waals surface area contributed by atoms with Crippen LogP contribution in [0.25, 0.3) is 0 Å². The number of Topliss-reactive ketones (excluding diaryl/α,β-unsaturated/α-hetero) is 1. The van der Waals surface area contributed by atoms with Gasteiger partial charge in [0.25, 0.3) is 0 Å². The minimum Gasteiger partial charge on any atom is -0.456 e. The maximum atomic E-state index is 13.8. The summed E-state index contributed by atoms with van der Waals surface area (Å²) in [5.41, 5.74) is -0.509. The number of rotatable bonds is 7. The third-order valence-corrected chi connectivity index (χ3v) is 9.25. The van der Waals surface area contributed by atoms with Gasteiger partial charge in [-0.2, -0.15) is 0 Å². The highest BCUT2D eigenvalue weighted by Gasteiger charge is 2.66. The lowest BCUT2D eigenvalue weighted by molar-refractivity contribution is -0.176. The molecule has 0 amide bonds. The molecule has 3 unspecified atom stereocenters. The summed E-state index contributed by atoms with van der Waals surface area (Å²) >= 11 is 0. The average molecular weight is 507 g/mol. The lowest BCUT2D eigenvalue weighted by Gasteiger charge is -2.57. The number of carbonyl (C=O) groups is 2. The molecule has 202 valence electrons. The van der Waals surface area contributed by atoms with Crippen molar-refractivity contribution in [3.8, 4) is 0 Å². The van der Waals surface area contributed by atoms with Gasteiger partial charge in [0.05, 0.1) is 24.4 Å². The summed E-state index contributed by atoms with van der Waals surface area (Å²) in [4.78, 5) is 31.0. The molecule has 3 aliphatic carbocycles. The van der Waals surface area contributed by atoms with Crippen LogP contribution in [0.4, 0.5) is 0 Å². The van der Waals surface area contributed by atoms with E-state index in [1.54, 1.807) is 6.20 Å². The predicted molar refractivity (Wildman–Crippen MR) is 133 cm³/mol. The Morgan fingerprint density at radius 2 is 1.81 bits per heavy atom. The second kappa shape index (κ2) is 9.83. The molecule has 4 aliphatic rings. The van der Waals surface area contributed by atoms with E-state index in [-0.39, 0.29) is 18.1 Å². The van der Waals surface area contributed by atoms with Crippen LogP contribution in [-0.4, -0.2) is 109 Å². The normalized spacial score (nSPS) is 41.3. The number of nitrogens with zero attached hydrogens (tertiary/aromatic N) is 2. The first-order chi connectivity index (χ1) is 16.9. The van der Waals surface area contributed by atoms with Gasteiger partial charge in [0.2, 0.25) is 0 Å². The Morgan fingerprint density at radius 1 is 1.11 bits per heavy atom. The van der Waals surface area contributed by atoms with Gasteiger partial charge in [0.15, 0.2) is 5.78 Å². The molecule has 36 heavy (non-hydrogen) atoms. The fraction of sp³-hybridized carbons (Fsp3) is 0.778. The van der Waals surface area contributed by atoms with Gasteiger partial charge in [-0.1, -0.05) is 13.8 Å². The van der Waals surface area contributed by atoms with Crippen LogP contribution in [0.15, 0.2) is 22.9 Å². The molecule has 0 bridgehead atoms. The van der Waals surface area contributed by atoms with Gasteiger partial charge in [-0.05, 0) is 57.8 Å². The number of ketones is 1. The van der Waals surface area contributed by atoms with Crippen molar-refractivity contribution in [3.05, 3.63) is 22.9 Å². The van der Waals surface area contributed by atoms with E-state index >= 15 is 0 Å². The van der Waals surface area contributed by atoms with E-state index in [4.69, 9.17) is 9.47 Å². The molecule has 8 atom stereocenters. The number of cyclic esters (lactones) is 1. The first-order valence-electron chi connectivity index (χ1n) is 13.0. The van der Waals surface area contributed by atoms with Crippen molar-refractivity contribution in [2.45, 2.75) is 63.9 Å². The van der Waals surface area contributed by atoms with Crippen LogP contribution in [-0.2, 0) is 19.1 Å². The lowest BCUT2D eigenvalue weighted by atomic mass is 9.50. The second-order valence-electron chi connectivity index (χ2n) is 11.8. The van der Waals surface area contributed by atoms with Crippen molar-refractivity contribution in [1.82, 2.24) is 9.80 Å². The lowest BCUT2D eigenvalue weighted by Crippen LogP contribution is -2.63. The zero-order chi connectivity index (χ0) is 26.6. The van der Waals surface area contributed by atoms with Crippen LogP contribution in [0.3, 0.4) is 0 Å². The van der Waals surface area contributed by atoms with Crippen molar-refractivity contribution in [2.75, 3.05) is 47.9 Å². The van der Waals surface area contributed by atoms with E-state index in [1.807, 2.05) is 39.9 Å². The fourth-order valence-corrected chi connectivity index (χ4v) is 7.36. The molecule has 0 radical (unpaired) electrons. The van der Waals surface area contributed by atoms with E-state index in [0.29, 0.717) is 37.0 Å². The number of methoxy groups -OCH3 is 1. The van der Waals surface area contributed by atoms with Crippen LogP contribution in [0.2, 0.25) is 0 Å². The molecule has 1 heterocycles. The Hall–Kier alpha value is -1.78. The van der Waals surface area contributed by atoms with Crippen LogP contribution in [0, 0.1) is 22.7 Å². The molecule has 0 aromatic rings. The summed E-state index contributed by atoms with van der Waals surface area (Å²) in [7, 11) is 7.36. The smallest absolute Gasteiger partial charge is 0.336 e. The summed E-state index contributed by atoms with van der Waals surface area (Å²) in [6.45, 7) is 5.41. The third-order valence-electron chi connectivity index (χ3n) is 9.25. The predicted octanol–water partition coefficient (Wildman–Crippen LogP) is 0.730. The molecule has 4 rings (SSSR count). The molecular formula is C27H42N2O7. The van der Waals surface area contributed by atoms with Crippen molar-refractivity contribution >= 4 is 11.8 Å². The maximum Gasteiger partial charge on any atom is 0.336 e. The molecule has 9 heteroatoms. The van der Waals surface area contributed by atoms with Gasteiger partial charge in [-0.15, -0.1) is 0 Å². The number of hydrogen-bond acceptors (Lipinski definition) is 9. The van der Waals surface area contributed by atoms with Crippen LogP contribution >= 0.6 is 0 Å². The number of aliphatic hydroxyl groups is 3. The monoisotopic (exact) mass is 506 g/mol. The Balaban J connectivity index is 1.83. The summed E-state index contributed by atoms with van der Waals surface area (Å²) < 4.78 is 11.3. The molecule has 9 nitrogen and oxygen atoms in total. The number of esters is 1. The zero-order valence-electron chi connectivity index (χ0n) is 22.4. The number of ether oxygens (including phenoxy) is 2. The first kappa shape index (κ1) is 27.3. The van der Waals surface area contributed by atoms with Crippen molar-refractivity contribution in [2.24, 2.45) is 22.7 Å². The van der Waals surface area contributed by atoms with E-state index < -0.39 is 52.9 Å². The molecule has 1 saturated carbocycles. The Labute approximate surface area is 213 Å². The average Bonchev–Trinajstić information content (AvgIpc) is 3.08. The van der Waals surface area contributed by atoms with Gasteiger partial charge in [-0.25, -0.2) is 4.79 Å². The number of hydrogen-bond donors (Lipinski definition) is 3. The standard InChI is InChI=1S/C27H42N2O7/c1-26-12-17(30)22-20(16(26)8-9-18(26)31)23(32)24(33)21-15(13-29(5)11-7-10-28(3)4)25(34)36-19(14-35-6)27(21,22)2/h13,16-19,21,24,30-31,33H,7-12,14H2,1-6H3/b15-13+/t16?,17-,18+,19-,21?,24?,26+,27-/m1/s1. The largest absolute Gasteiger partial charge is 0.456 e. The van der Waals surface area contributed by atoms with E-state index in [2.05, 4.69) is 4.90 Å². The summed E-state index contributed by atoms with van der Waals surface area (Å²) in [5.74, 6) is -2.19. The second-order valence-corrected chi connectivity index (χ2v) is 11.8. The molecule has 1 saturated heterocycles. The summed E-state index contributed by atoms with van der Waals surface area (Å²) in [6, 6.07) is 0. The highest BCUT2D eigenvalue weighted by Crippen LogP contribution is 2.63. The SMILES string of the molecule is COC[C@H]1OC(=O)/C(=C/N(C)CCCN(C)C)C2C(O)C(=O)C3=C([C@H](O)C[C@@]4(C)C3CC[C@@H]4O)[C@@]21C.